The fourth-order valence-corrected chi connectivity index (χ4v) is 4.01. The summed E-state index contributed by atoms with van der Waals surface area (Å²) >= 11 is 0.847. The molecule has 0 aliphatic heterocycles. The Kier molecular flexibility index (Phi) is 8.07. The first-order valence-electron chi connectivity index (χ1n) is 10.4. The monoisotopic (exact) mass is 514 g/mol. The number of nitrogens with zero attached hydrogens (tertiary/aromatic N) is 1. The number of aromatic hydroxyl groups is 3. The molecule has 0 saturated carbocycles. The summed E-state index contributed by atoms with van der Waals surface area (Å²) in [5, 5.41) is 45.3. The van der Waals surface area contributed by atoms with Gasteiger partial charge in [0.2, 0.25) is 5.91 Å². The maximum atomic E-state index is 12.7. The molecular formula is C23H22N4O8S. The van der Waals surface area contributed by atoms with E-state index in [-0.39, 0.29) is 44.9 Å². The van der Waals surface area contributed by atoms with Crippen LogP contribution in [-0.2, 0) is 16.0 Å². The van der Waals surface area contributed by atoms with Crippen LogP contribution in [0.4, 0.5) is 5.13 Å². The molecule has 0 spiro atoms. The molecule has 0 fully saturated rings. The van der Waals surface area contributed by atoms with E-state index in [2.05, 4.69) is 20.9 Å². The van der Waals surface area contributed by atoms with E-state index >= 15 is 0 Å². The Balaban J connectivity index is 1.61. The fourth-order valence-electron chi connectivity index (χ4n) is 3.12. The van der Waals surface area contributed by atoms with Gasteiger partial charge >= 0.3 is 5.97 Å². The number of hydrogen-bond donors (Lipinski definition) is 7. The number of aliphatic carboxylic acids is 1. The summed E-state index contributed by atoms with van der Waals surface area (Å²) in [4.78, 5) is 53.0. The summed E-state index contributed by atoms with van der Waals surface area (Å²) in [5.74, 6) is -4.06. The van der Waals surface area contributed by atoms with E-state index in [1.54, 1.807) is 12.1 Å². The molecule has 0 saturated heterocycles. The van der Waals surface area contributed by atoms with E-state index in [9.17, 15) is 39.6 Å². The molecule has 3 aromatic rings. The molecule has 0 bridgehead atoms. The highest BCUT2D eigenvalue weighted by atomic mass is 32.1. The lowest BCUT2D eigenvalue weighted by Crippen LogP contribution is -2.48. The number of rotatable bonds is 9. The largest absolute Gasteiger partial charge is 0.508 e. The number of thiazole rings is 1. The minimum Gasteiger partial charge on any atom is -0.508 e. The number of amides is 3. The van der Waals surface area contributed by atoms with Gasteiger partial charge in [-0.3, -0.25) is 14.4 Å². The molecule has 13 heteroatoms. The number of carbonyl (C=O) groups excluding carboxylic acids is 3. The molecule has 0 radical (unpaired) electrons. The number of benzene rings is 2. The topological polar surface area (TPSA) is 198 Å². The van der Waals surface area contributed by atoms with Crippen molar-refractivity contribution in [2.45, 2.75) is 19.4 Å². The number of aryl methyl sites for hydroxylation is 1. The number of carboxylic acid groups (broad SMARTS) is 1. The Morgan fingerprint density at radius 3 is 2.31 bits per heavy atom. The minimum atomic E-state index is -1.50. The number of phenolic OH excluding ortho intramolecular Hbond substituents is 3. The first kappa shape index (κ1) is 26.0. The molecule has 36 heavy (non-hydrogen) atoms. The number of nitrogens with one attached hydrogen (secondary N) is 3. The number of hydrogen-bond acceptors (Lipinski definition) is 9. The van der Waals surface area contributed by atoms with E-state index in [1.807, 2.05) is 0 Å². The molecule has 1 atom stereocenters. The summed E-state index contributed by atoms with van der Waals surface area (Å²) in [7, 11) is 0. The highest BCUT2D eigenvalue weighted by Crippen LogP contribution is 2.23. The van der Waals surface area contributed by atoms with Gasteiger partial charge in [0.05, 0.1) is 12.1 Å². The molecule has 2 aromatic carbocycles. The van der Waals surface area contributed by atoms with Gasteiger partial charge in [0, 0.05) is 18.2 Å². The van der Waals surface area contributed by atoms with Crippen molar-refractivity contribution in [1.82, 2.24) is 15.6 Å². The Morgan fingerprint density at radius 2 is 1.67 bits per heavy atom. The van der Waals surface area contributed by atoms with Crippen LogP contribution >= 0.6 is 11.3 Å². The van der Waals surface area contributed by atoms with Crippen molar-refractivity contribution in [3.63, 3.8) is 0 Å². The molecule has 3 rings (SSSR count). The second-order valence-electron chi connectivity index (χ2n) is 7.64. The Hall–Kier alpha value is -4.65. The zero-order valence-corrected chi connectivity index (χ0v) is 19.6. The van der Waals surface area contributed by atoms with Gasteiger partial charge in [-0.15, -0.1) is 0 Å². The van der Waals surface area contributed by atoms with Crippen LogP contribution in [-0.4, -0.2) is 61.7 Å². The van der Waals surface area contributed by atoms with Crippen molar-refractivity contribution >= 4 is 40.2 Å². The highest BCUT2D eigenvalue weighted by molar-refractivity contribution is 7.17. The summed E-state index contributed by atoms with van der Waals surface area (Å²) in [6.07, 6.45) is -0.0354. The molecule has 12 nitrogen and oxygen atoms in total. The maximum absolute atomic E-state index is 12.7. The normalized spacial score (nSPS) is 11.4. The predicted octanol–water partition coefficient (Wildman–Crippen LogP) is 1.36. The van der Waals surface area contributed by atoms with Crippen molar-refractivity contribution in [3.8, 4) is 17.2 Å². The van der Waals surface area contributed by atoms with Crippen LogP contribution in [0.3, 0.4) is 0 Å². The van der Waals surface area contributed by atoms with Crippen molar-refractivity contribution in [2.75, 3.05) is 11.9 Å². The molecule has 188 valence electrons. The maximum Gasteiger partial charge on any atom is 0.328 e. The van der Waals surface area contributed by atoms with Gasteiger partial charge in [-0.2, -0.15) is 0 Å². The third-order valence-corrected chi connectivity index (χ3v) is 5.83. The average Bonchev–Trinajstić information content (AvgIpc) is 3.15. The zero-order valence-electron chi connectivity index (χ0n) is 18.8. The van der Waals surface area contributed by atoms with Crippen LogP contribution in [0.5, 0.6) is 17.2 Å². The third-order valence-electron chi connectivity index (χ3n) is 4.76. The molecule has 3 amide bonds. The standard InChI is InChI=1S/C23H22N4O8S/c1-11-19(36-23(25-11)27-18(31)6-12-3-2-4-14(28)5-12)21(33)26-17(22(34)35)10-24-20(32)13-7-15(29)9-16(30)8-13/h2-5,7-9,17,28-30H,6,10H2,1H3,(H,24,32)(H,26,33)(H,34,35)(H,25,27,31)/t17-/m0/s1. The average molecular weight is 515 g/mol. The number of phenols is 3. The smallest absolute Gasteiger partial charge is 0.328 e. The first-order chi connectivity index (χ1) is 17.0. The summed E-state index contributed by atoms with van der Waals surface area (Å²) in [6.45, 7) is 1.03. The van der Waals surface area contributed by atoms with Crippen molar-refractivity contribution in [2.24, 2.45) is 0 Å². The lowest BCUT2D eigenvalue weighted by molar-refractivity contribution is -0.139. The Bertz CT molecular complexity index is 1300. The molecule has 7 N–H and O–H groups in total. The lowest BCUT2D eigenvalue weighted by atomic mass is 10.1. The van der Waals surface area contributed by atoms with Crippen LogP contribution in [0.25, 0.3) is 0 Å². The third kappa shape index (κ3) is 6.93. The fraction of sp³-hybridized carbons (Fsp3) is 0.174. The number of carboxylic acids is 1. The van der Waals surface area contributed by atoms with E-state index in [0.29, 0.717) is 5.56 Å². The Morgan fingerprint density at radius 1 is 0.972 bits per heavy atom. The van der Waals surface area contributed by atoms with Crippen LogP contribution < -0.4 is 16.0 Å². The number of aromatic nitrogens is 1. The second kappa shape index (κ2) is 11.2. The quantitative estimate of drug-likeness (QED) is 0.220. The molecular weight excluding hydrogens is 492 g/mol. The van der Waals surface area contributed by atoms with E-state index in [0.717, 1.165) is 29.5 Å². The summed E-state index contributed by atoms with van der Waals surface area (Å²) < 4.78 is 0. The predicted molar refractivity (Wildman–Crippen MR) is 128 cm³/mol. The summed E-state index contributed by atoms with van der Waals surface area (Å²) in [5.41, 5.74) is 0.729. The highest BCUT2D eigenvalue weighted by Gasteiger charge is 2.25. The van der Waals surface area contributed by atoms with Crippen molar-refractivity contribution in [1.29, 1.82) is 0 Å². The van der Waals surface area contributed by atoms with Crippen molar-refractivity contribution < 1.29 is 39.6 Å². The van der Waals surface area contributed by atoms with Crippen molar-refractivity contribution in [3.05, 3.63) is 64.2 Å². The summed E-state index contributed by atoms with van der Waals surface area (Å²) in [6, 6.07) is 7.88. The number of carbonyl (C=O) groups is 4. The minimum absolute atomic E-state index is 0.0218. The molecule has 0 unspecified atom stereocenters. The molecule has 0 aliphatic rings. The lowest BCUT2D eigenvalue weighted by Gasteiger charge is -2.15. The van der Waals surface area contributed by atoms with E-state index in [4.69, 9.17) is 0 Å². The van der Waals surface area contributed by atoms with E-state index in [1.165, 1.54) is 19.1 Å². The van der Waals surface area contributed by atoms with Crippen LogP contribution in [0.1, 0.15) is 31.3 Å². The second-order valence-corrected chi connectivity index (χ2v) is 8.64. The van der Waals surface area contributed by atoms with Crippen LogP contribution in [0, 0.1) is 6.92 Å². The molecule has 1 aromatic heterocycles. The van der Waals surface area contributed by atoms with Gasteiger partial charge in [0.15, 0.2) is 5.13 Å². The van der Waals surface area contributed by atoms with Gasteiger partial charge in [-0.1, -0.05) is 23.5 Å². The van der Waals surface area contributed by atoms with E-state index < -0.39 is 36.3 Å². The van der Waals surface area contributed by atoms with Gasteiger partial charge in [-0.05, 0) is 36.8 Å². The SMILES string of the molecule is Cc1nc(NC(=O)Cc2cccc(O)c2)sc1C(=O)N[C@@H](CNC(=O)c1cc(O)cc(O)c1)C(=O)O. The van der Waals surface area contributed by atoms with Crippen LogP contribution in [0.2, 0.25) is 0 Å². The van der Waals surface area contributed by atoms with Crippen LogP contribution in [0.15, 0.2) is 42.5 Å². The van der Waals surface area contributed by atoms with Gasteiger partial charge < -0.3 is 36.4 Å². The van der Waals surface area contributed by atoms with Gasteiger partial charge in [-0.25, -0.2) is 9.78 Å². The molecule has 1 heterocycles. The molecule has 0 aliphatic carbocycles. The first-order valence-corrected chi connectivity index (χ1v) is 11.2. The number of anilines is 1. The van der Waals surface area contributed by atoms with Gasteiger partial charge in [0.25, 0.3) is 11.8 Å². The zero-order chi connectivity index (χ0) is 26.4. The Labute approximate surface area is 208 Å². The van der Waals surface area contributed by atoms with Gasteiger partial charge in [0.1, 0.15) is 28.2 Å².